The van der Waals surface area contributed by atoms with Crippen molar-refractivity contribution in [2.45, 2.75) is 39.7 Å². The van der Waals surface area contributed by atoms with Crippen LogP contribution in [-0.4, -0.2) is 10.1 Å². The Bertz CT molecular complexity index is 285. The molecule has 0 saturated carbocycles. The molecule has 2 unspecified atom stereocenters. The van der Waals surface area contributed by atoms with Crippen LogP contribution in [0.1, 0.15) is 44.1 Å². The van der Waals surface area contributed by atoms with Gasteiger partial charge >= 0.3 is 0 Å². The van der Waals surface area contributed by atoms with Crippen LogP contribution < -0.4 is 0 Å². The van der Waals surface area contributed by atoms with Crippen molar-refractivity contribution in [2.24, 2.45) is 5.92 Å². The zero-order chi connectivity index (χ0) is 10.6. The highest BCUT2D eigenvalue weighted by Gasteiger charge is 2.13. The van der Waals surface area contributed by atoms with Gasteiger partial charge in [-0.3, -0.25) is 4.98 Å². The van der Waals surface area contributed by atoms with E-state index in [0.29, 0.717) is 5.92 Å². The van der Waals surface area contributed by atoms with Gasteiger partial charge < -0.3 is 5.11 Å². The first-order chi connectivity index (χ1) is 6.65. The minimum Gasteiger partial charge on any atom is -0.387 e. The maximum Gasteiger partial charge on any atom is 0.0965 e. The SMILES string of the molecule is CCC(C)CC(O)c1ncccc1C. The molecule has 1 rings (SSSR count). The van der Waals surface area contributed by atoms with E-state index in [1.54, 1.807) is 6.20 Å². The third-order valence-corrected chi connectivity index (χ3v) is 2.69. The molecular formula is C12H19NO. The number of rotatable bonds is 4. The van der Waals surface area contributed by atoms with Crippen molar-refractivity contribution in [3.63, 3.8) is 0 Å². The third kappa shape index (κ3) is 2.81. The Morgan fingerprint density at radius 3 is 2.79 bits per heavy atom. The summed E-state index contributed by atoms with van der Waals surface area (Å²) in [5.41, 5.74) is 1.90. The fourth-order valence-corrected chi connectivity index (χ4v) is 1.51. The van der Waals surface area contributed by atoms with Gasteiger partial charge in [-0.05, 0) is 30.9 Å². The summed E-state index contributed by atoms with van der Waals surface area (Å²) in [7, 11) is 0. The zero-order valence-electron chi connectivity index (χ0n) is 9.20. The lowest BCUT2D eigenvalue weighted by atomic mass is 9.97. The van der Waals surface area contributed by atoms with Gasteiger partial charge in [-0.1, -0.05) is 26.3 Å². The predicted molar refractivity (Wildman–Crippen MR) is 58.0 cm³/mol. The molecule has 1 heterocycles. The van der Waals surface area contributed by atoms with Crippen LogP contribution in [0.15, 0.2) is 18.3 Å². The summed E-state index contributed by atoms with van der Waals surface area (Å²) < 4.78 is 0. The van der Waals surface area contributed by atoms with Crippen molar-refractivity contribution in [3.05, 3.63) is 29.6 Å². The Morgan fingerprint density at radius 2 is 2.21 bits per heavy atom. The Hall–Kier alpha value is -0.890. The Morgan fingerprint density at radius 1 is 1.50 bits per heavy atom. The molecule has 1 aromatic heterocycles. The van der Waals surface area contributed by atoms with Crippen molar-refractivity contribution in [2.75, 3.05) is 0 Å². The van der Waals surface area contributed by atoms with Crippen LogP contribution in [-0.2, 0) is 0 Å². The number of nitrogens with zero attached hydrogens (tertiary/aromatic N) is 1. The van der Waals surface area contributed by atoms with Crippen LogP contribution in [0, 0.1) is 12.8 Å². The molecule has 0 aliphatic rings. The van der Waals surface area contributed by atoms with Gasteiger partial charge in [0.1, 0.15) is 0 Å². The van der Waals surface area contributed by atoms with E-state index in [4.69, 9.17) is 0 Å². The summed E-state index contributed by atoms with van der Waals surface area (Å²) in [6.45, 7) is 6.28. The number of hydrogen-bond donors (Lipinski definition) is 1. The maximum absolute atomic E-state index is 9.94. The highest BCUT2D eigenvalue weighted by Crippen LogP contribution is 2.23. The highest BCUT2D eigenvalue weighted by atomic mass is 16.3. The maximum atomic E-state index is 9.94. The van der Waals surface area contributed by atoms with Crippen LogP contribution in [0.3, 0.4) is 0 Å². The number of pyridine rings is 1. The van der Waals surface area contributed by atoms with Gasteiger partial charge in [0, 0.05) is 6.20 Å². The first kappa shape index (κ1) is 11.2. The predicted octanol–water partition coefficient (Wildman–Crippen LogP) is 2.86. The van der Waals surface area contributed by atoms with Gasteiger partial charge in [0.25, 0.3) is 0 Å². The number of aromatic nitrogens is 1. The smallest absolute Gasteiger partial charge is 0.0965 e. The van der Waals surface area contributed by atoms with E-state index < -0.39 is 6.10 Å². The molecule has 0 saturated heterocycles. The number of aliphatic hydroxyl groups excluding tert-OH is 1. The Balaban J connectivity index is 2.69. The molecule has 0 spiro atoms. The molecule has 0 aliphatic carbocycles. The van der Waals surface area contributed by atoms with Gasteiger partial charge in [0.2, 0.25) is 0 Å². The largest absolute Gasteiger partial charge is 0.387 e. The van der Waals surface area contributed by atoms with Crippen LogP contribution in [0.2, 0.25) is 0 Å². The van der Waals surface area contributed by atoms with Crippen LogP contribution in [0.4, 0.5) is 0 Å². The second-order valence-corrected chi connectivity index (χ2v) is 3.97. The summed E-state index contributed by atoms with van der Waals surface area (Å²) >= 11 is 0. The van der Waals surface area contributed by atoms with Gasteiger partial charge in [-0.2, -0.15) is 0 Å². The summed E-state index contributed by atoms with van der Waals surface area (Å²) in [4.78, 5) is 4.22. The lowest BCUT2D eigenvalue weighted by molar-refractivity contribution is 0.141. The lowest BCUT2D eigenvalue weighted by Gasteiger charge is -2.15. The molecule has 0 radical (unpaired) electrons. The van der Waals surface area contributed by atoms with E-state index in [9.17, 15) is 5.11 Å². The molecule has 78 valence electrons. The van der Waals surface area contributed by atoms with E-state index >= 15 is 0 Å². The number of hydrogen-bond acceptors (Lipinski definition) is 2. The number of aryl methyl sites for hydroxylation is 1. The molecule has 0 amide bonds. The van der Waals surface area contributed by atoms with Crippen molar-refractivity contribution < 1.29 is 5.11 Å². The van der Waals surface area contributed by atoms with Gasteiger partial charge in [-0.25, -0.2) is 0 Å². The second-order valence-electron chi connectivity index (χ2n) is 3.97. The van der Waals surface area contributed by atoms with E-state index in [-0.39, 0.29) is 0 Å². The molecular weight excluding hydrogens is 174 g/mol. The van der Waals surface area contributed by atoms with Gasteiger partial charge in [0.15, 0.2) is 0 Å². The van der Waals surface area contributed by atoms with E-state index in [1.165, 1.54) is 0 Å². The van der Waals surface area contributed by atoms with E-state index in [1.807, 2.05) is 19.1 Å². The molecule has 2 atom stereocenters. The van der Waals surface area contributed by atoms with Gasteiger partial charge in [-0.15, -0.1) is 0 Å². The first-order valence-electron chi connectivity index (χ1n) is 5.24. The van der Waals surface area contributed by atoms with Crippen LogP contribution in [0.5, 0.6) is 0 Å². The zero-order valence-corrected chi connectivity index (χ0v) is 9.20. The molecule has 14 heavy (non-hydrogen) atoms. The fourth-order valence-electron chi connectivity index (χ4n) is 1.51. The van der Waals surface area contributed by atoms with Crippen LogP contribution >= 0.6 is 0 Å². The quantitative estimate of drug-likeness (QED) is 0.797. The summed E-state index contributed by atoms with van der Waals surface area (Å²) in [6.07, 6.45) is 3.23. The van der Waals surface area contributed by atoms with E-state index in [2.05, 4.69) is 18.8 Å². The molecule has 0 bridgehead atoms. The average Bonchev–Trinajstić information content (AvgIpc) is 2.18. The minimum absolute atomic E-state index is 0.411. The molecule has 0 fully saturated rings. The topological polar surface area (TPSA) is 33.1 Å². The molecule has 1 aromatic rings. The average molecular weight is 193 g/mol. The summed E-state index contributed by atoms with van der Waals surface area (Å²) in [5, 5.41) is 9.94. The van der Waals surface area contributed by atoms with Crippen LogP contribution in [0.25, 0.3) is 0 Å². The standard InChI is InChI=1S/C12H19NO/c1-4-9(2)8-11(14)12-10(3)6-5-7-13-12/h5-7,9,11,14H,4,8H2,1-3H3. The minimum atomic E-state index is -0.411. The molecule has 1 N–H and O–H groups in total. The lowest BCUT2D eigenvalue weighted by Crippen LogP contribution is -2.07. The first-order valence-corrected chi connectivity index (χ1v) is 5.24. The monoisotopic (exact) mass is 193 g/mol. The highest BCUT2D eigenvalue weighted by molar-refractivity contribution is 5.19. The third-order valence-electron chi connectivity index (χ3n) is 2.69. The van der Waals surface area contributed by atoms with Crippen molar-refractivity contribution in [1.82, 2.24) is 4.98 Å². The van der Waals surface area contributed by atoms with Crippen molar-refractivity contribution >= 4 is 0 Å². The van der Waals surface area contributed by atoms with E-state index in [0.717, 1.165) is 24.1 Å². The van der Waals surface area contributed by atoms with Gasteiger partial charge in [0.05, 0.1) is 11.8 Å². The molecule has 0 aliphatic heterocycles. The Kier molecular flexibility index (Phi) is 4.08. The molecule has 2 heteroatoms. The Labute approximate surface area is 86.0 Å². The molecule has 2 nitrogen and oxygen atoms in total. The summed E-state index contributed by atoms with van der Waals surface area (Å²) in [6, 6.07) is 3.89. The van der Waals surface area contributed by atoms with Crippen molar-refractivity contribution in [3.8, 4) is 0 Å². The second kappa shape index (κ2) is 5.11. The molecule has 0 aromatic carbocycles. The van der Waals surface area contributed by atoms with Crippen molar-refractivity contribution in [1.29, 1.82) is 0 Å². The normalized spacial score (nSPS) is 15.1. The summed E-state index contributed by atoms with van der Waals surface area (Å²) in [5.74, 6) is 0.548. The number of aliphatic hydroxyl groups is 1. The fraction of sp³-hybridized carbons (Fsp3) is 0.583.